The molecule has 0 bridgehead atoms. The van der Waals surface area contributed by atoms with Crippen molar-refractivity contribution in [1.29, 1.82) is 0 Å². The maximum absolute atomic E-state index is 12.4. The highest BCUT2D eigenvalue weighted by Crippen LogP contribution is 2.17. The summed E-state index contributed by atoms with van der Waals surface area (Å²) in [4.78, 5) is 12.4. The van der Waals surface area contributed by atoms with Gasteiger partial charge in [-0.1, -0.05) is 267 Å². The van der Waals surface area contributed by atoms with Gasteiger partial charge in [-0.05, 0) is 57.8 Å². The van der Waals surface area contributed by atoms with E-state index < -0.39 is 12.1 Å². The Labute approximate surface area is 375 Å². The van der Waals surface area contributed by atoms with E-state index in [4.69, 9.17) is 0 Å². The van der Waals surface area contributed by atoms with Crippen LogP contribution in [0.4, 0.5) is 0 Å². The third kappa shape index (κ3) is 47.1. The topological polar surface area (TPSA) is 69.6 Å². The molecule has 350 valence electrons. The molecule has 0 aliphatic rings. The zero-order valence-electron chi connectivity index (χ0n) is 40.2. The van der Waals surface area contributed by atoms with E-state index >= 15 is 0 Å². The van der Waals surface area contributed by atoms with Gasteiger partial charge in [-0.15, -0.1) is 0 Å². The van der Waals surface area contributed by atoms with Gasteiger partial charge >= 0.3 is 0 Å². The van der Waals surface area contributed by atoms with E-state index in [2.05, 4.69) is 79.9 Å². The maximum atomic E-state index is 12.4. The van der Waals surface area contributed by atoms with Crippen molar-refractivity contribution < 1.29 is 15.0 Å². The Morgan fingerprint density at radius 2 is 0.733 bits per heavy atom. The summed E-state index contributed by atoms with van der Waals surface area (Å²) >= 11 is 0. The largest absolute Gasteiger partial charge is 0.394 e. The highest BCUT2D eigenvalue weighted by molar-refractivity contribution is 5.76. The summed E-state index contributed by atoms with van der Waals surface area (Å²) in [5, 5.41) is 23.2. The molecular weight excluding hydrogens is 735 g/mol. The van der Waals surface area contributed by atoms with E-state index in [0.717, 1.165) is 57.8 Å². The van der Waals surface area contributed by atoms with Crippen molar-refractivity contribution in [3.8, 4) is 0 Å². The molecule has 2 unspecified atom stereocenters. The molecule has 0 saturated heterocycles. The van der Waals surface area contributed by atoms with Crippen LogP contribution in [0.2, 0.25) is 0 Å². The van der Waals surface area contributed by atoms with Crippen LogP contribution in [0, 0.1) is 0 Å². The normalized spacial score (nSPS) is 13.3. The predicted octanol–water partition coefficient (Wildman–Crippen LogP) is 17.2. The van der Waals surface area contributed by atoms with E-state index in [1.807, 2.05) is 0 Å². The van der Waals surface area contributed by atoms with Gasteiger partial charge in [0, 0.05) is 6.42 Å². The quantitative estimate of drug-likeness (QED) is 0.0422. The smallest absolute Gasteiger partial charge is 0.220 e. The molecule has 0 fully saturated rings. The van der Waals surface area contributed by atoms with Gasteiger partial charge in [0.15, 0.2) is 0 Å². The minimum absolute atomic E-state index is 0.0300. The second-order valence-electron chi connectivity index (χ2n) is 17.9. The molecule has 0 aromatic carbocycles. The highest BCUT2D eigenvalue weighted by atomic mass is 16.3. The molecule has 2 atom stereocenters. The van der Waals surface area contributed by atoms with Crippen molar-refractivity contribution in [2.24, 2.45) is 0 Å². The molecule has 0 radical (unpaired) electrons. The molecular formula is C56H103NO3. The first kappa shape index (κ1) is 58.1. The second kappa shape index (κ2) is 51.4. The Morgan fingerprint density at radius 3 is 1.10 bits per heavy atom. The highest BCUT2D eigenvalue weighted by Gasteiger charge is 2.20. The van der Waals surface area contributed by atoms with E-state index in [1.165, 1.54) is 186 Å². The molecule has 0 saturated carbocycles. The summed E-state index contributed by atoms with van der Waals surface area (Å²) in [6, 6.07) is -0.534. The monoisotopic (exact) mass is 838 g/mol. The fourth-order valence-corrected chi connectivity index (χ4v) is 8.04. The van der Waals surface area contributed by atoms with Crippen LogP contribution in [-0.2, 0) is 4.79 Å². The number of hydrogen-bond donors (Lipinski definition) is 3. The summed E-state index contributed by atoms with van der Waals surface area (Å²) in [7, 11) is 0. The molecule has 4 heteroatoms. The number of carbonyl (C=O) groups is 1. The molecule has 60 heavy (non-hydrogen) atoms. The lowest BCUT2D eigenvalue weighted by Crippen LogP contribution is -2.45. The lowest BCUT2D eigenvalue weighted by Gasteiger charge is -2.22. The van der Waals surface area contributed by atoms with Crippen LogP contribution in [0.1, 0.15) is 271 Å². The fraction of sp³-hybridized carbons (Fsp3) is 0.804. The van der Waals surface area contributed by atoms with E-state index in [1.54, 1.807) is 0 Å². The molecule has 0 aliphatic heterocycles. The molecule has 4 nitrogen and oxygen atoms in total. The van der Waals surface area contributed by atoms with Crippen molar-refractivity contribution in [3.63, 3.8) is 0 Å². The first-order chi connectivity index (χ1) is 29.7. The number of amides is 1. The number of nitrogens with one attached hydrogen (secondary N) is 1. The third-order valence-electron chi connectivity index (χ3n) is 12.0. The van der Waals surface area contributed by atoms with E-state index in [9.17, 15) is 15.0 Å². The molecule has 0 aromatic heterocycles. The SMILES string of the molecule is CC/C=C\C/C=C\C/C=C\C/C=C\C/C=C\CCCCCCCCCCCCCCCCCCCCCCCC(=O)NC(CO)C(O)CCCCCCCCCCCCC. The zero-order chi connectivity index (χ0) is 43.5. The van der Waals surface area contributed by atoms with Crippen LogP contribution < -0.4 is 5.32 Å². The van der Waals surface area contributed by atoms with Crippen molar-refractivity contribution in [3.05, 3.63) is 60.8 Å². The maximum Gasteiger partial charge on any atom is 0.220 e. The van der Waals surface area contributed by atoms with Crippen molar-refractivity contribution >= 4 is 5.91 Å². The lowest BCUT2D eigenvalue weighted by molar-refractivity contribution is -0.123. The first-order valence-electron chi connectivity index (χ1n) is 26.5. The number of aliphatic hydroxyl groups excluding tert-OH is 2. The average molecular weight is 838 g/mol. The van der Waals surface area contributed by atoms with E-state index in [-0.39, 0.29) is 12.5 Å². The predicted molar refractivity (Wildman–Crippen MR) is 267 cm³/mol. The fourth-order valence-electron chi connectivity index (χ4n) is 8.04. The minimum Gasteiger partial charge on any atom is -0.394 e. The van der Waals surface area contributed by atoms with Crippen molar-refractivity contribution in [2.45, 2.75) is 283 Å². The molecule has 0 aliphatic carbocycles. The standard InChI is InChI=1S/C56H103NO3/c1-3-5-7-9-11-13-15-16-17-18-19-20-21-22-23-24-25-26-27-28-29-30-31-32-33-34-35-36-37-38-39-40-42-44-46-48-50-52-56(60)57-54(53-58)55(59)51-49-47-45-43-41-14-12-10-8-6-4-2/h5,7,11,13,16-17,19-20,22-23,54-55,58-59H,3-4,6,8-10,12,14-15,18,21,24-53H2,1-2H3,(H,57,60)/b7-5-,13-11-,17-16-,20-19-,23-22-. The van der Waals surface area contributed by atoms with Gasteiger partial charge in [-0.3, -0.25) is 4.79 Å². The van der Waals surface area contributed by atoms with Crippen LogP contribution in [0.3, 0.4) is 0 Å². The molecule has 0 spiro atoms. The molecule has 0 heterocycles. The van der Waals surface area contributed by atoms with Crippen LogP contribution in [0.25, 0.3) is 0 Å². The Morgan fingerprint density at radius 1 is 0.417 bits per heavy atom. The Bertz CT molecular complexity index is 996. The van der Waals surface area contributed by atoms with Gasteiger partial charge < -0.3 is 15.5 Å². The Kier molecular flexibility index (Phi) is 49.8. The summed E-state index contributed by atoms with van der Waals surface area (Å²) in [5.74, 6) is -0.0300. The molecule has 3 N–H and O–H groups in total. The lowest BCUT2D eigenvalue weighted by atomic mass is 10.0. The Balaban J connectivity index is 3.40. The van der Waals surface area contributed by atoms with Crippen LogP contribution in [0.5, 0.6) is 0 Å². The first-order valence-corrected chi connectivity index (χ1v) is 26.5. The van der Waals surface area contributed by atoms with Crippen LogP contribution in [0.15, 0.2) is 60.8 Å². The third-order valence-corrected chi connectivity index (χ3v) is 12.0. The van der Waals surface area contributed by atoms with Gasteiger partial charge in [-0.2, -0.15) is 0 Å². The van der Waals surface area contributed by atoms with Crippen molar-refractivity contribution in [1.82, 2.24) is 5.32 Å². The average Bonchev–Trinajstić information content (AvgIpc) is 3.25. The van der Waals surface area contributed by atoms with Gasteiger partial charge in [0.05, 0.1) is 18.8 Å². The zero-order valence-corrected chi connectivity index (χ0v) is 40.2. The number of hydrogen-bond acceptors (Lipinski definition) is 3. The summed E-state index contributed by atoms with van der Waals surface area (Å²) in [6.07, 6.45) is 72.1. The number of allylic oxidation sites excluding steroid dienone is 10. The van der Waals surface area contributed by atoms with Gasteiger partial charge in [0.1, 0.15) is 0 Å². The number of carbonyl (C=O) groups excluding carboxylic acids is 1. The van der Waals surface area contributed by atoms with Gasteiger partial charge in [0.25, 0.3) is 0 Å². The van der Waals surface area contributed by atoms with Gasteiger partial charge in [0.2, 0.25) is 5.91 Å². The molecule has 0 rings (SSSR count). The second-order valence-corrected chi connectivity index (χ2v) is 17.9. The Hall–Kier alpha value is -1.91. The van der Waals surface area contributed by atoms with E-state index in [0.29, 0.717) is 12.8 Å². The molecule has 1 amide bonds. The van der Waals surface area contributed by atoms with Crippen LogP contribution in [-0.4, -0.2) is 34.9 Å². The summed E-state index contributed by atoms with van der Waals surface area (Å²) in [6.45, 7) is 4.24. The minimum atomic E-state index is -0.657. The number of rotatable bonds is 48. The van der Waals surface area contributed by atoms with Gasteiger partial charge in [-0.25, -0.2) is 0 Å². The number of unbranched alkanes of at least 4 members (excludes halogenated alkanes) is 31. The van der Waals surface area contributed by atoms with Crippen molar-refractivity contribution in [2.75, 3.05) is 6.61 Å². The van der Waals surface area contributed by atoms with Crippen LogP contribution >= 0.6 is 0 Å². The summed E-state index contributed by atoms with van der Waals surface area (Å²) in [5.41, 5.74) is 0. The molecule has 0 aromatic rings. The summed E-state index contributed by atoms with van der Waals surface area (Å²) < 4.78 is 0. The number of aliphatic hydroxyl groups is 2.